The van der Waals surface area contributed by atoms with Crippen molar-refractivity contribution < 1.29 is 32.5 Å². The number of halogens is 4. The number of ether oxygens (including phenoxy) is 2. The van der Waals surface area contributed by atoms with Crippen molar-refractivity contribution in [3.05, 3.63) is 53.5 Å². The molecule has 34 heavy (non-hydrogen) atoms. The van der Waals surface area contributed by atoms with Crippen LogP contribution in [0.25, 0.3) is 0 Å². The van der Waals surface area contributed by atoms with Crippen molar-refractivity contribution in [3.63, 3.8) is 0 Å². The van der Waals surface area contributed by atoms with Gasteiger partial charge in [-0.05, 0) is 37.0 Å². The fourth-order valence-electron chi connectivity index (χ4n) is 4.13. The van der Waals surface area contributed by atoms with Crippen molar-refractivity contribution in [2.45, 2.75) is 63.1 Å². The van der Waals surface area contributed by atoms with Crippen LogP contribution in [0.2, 0.25) is 5.02 Å². The Hall–Kier alpha value is -2.72. The largest absolute Gasteiger partial charge is 0.487 e. The molecule has 2 heterocycles. The van der Waals surface area contributed by atoms with Gasteiger partial charge in [0.15, 0.2) is 11.9 Å². The first-order valence-corrected chi connectivity index (χ1v) is 11.3. The molecule has 7 nitrogen and oxygen atoms in total. The van der Waals surface area contributed by atoms with Crippen LogP contribution in [-0.4, -0.2) is 39.2 Å². The Morgan fingerprint density at radius 2 is 2.12 bits per heavy atom. The third-order valence-electron chi connectivity index (χ3n) is 5.90. The van der Waals surface area contributed by atoms with Crippen molar-refractivity contribution in [1.29, 1.82) is 0 Å². The van der Waals surface area contributed by atoms with Gasteiger partial charge >= 0.3 is 6.18 Å². The zero-order valence-electron chi connectivity index (χ0n) is 18.2. The van der Waals surface area contributed by atoms with E-state index in [1.807, 2.05) is 0 Å². The van der Waals surface area contributed by atoms with Gasteiger partial charge in [-0.3, -0.25) is 9.48 Å². The normalized spacial score (nSPS) is 23.9. The van der Waals surface area contributed by atoms with Gasteiger partial charge in [0.05, 0.1) is 24.6 Å². The van der Waals surface area contributed by atoms with E-state index in [1.165, 1.54) is 6.20 Å². The Bertz CT molecular complexity index is 1050. The summed E-state index contributed by atoms with van der Waals surface area (Å²) in [7, 11) is 0. The number of nitrogens with one attached hydrogen (secondary N) is 1. The molecule has 1 aliphatic heterocycles. The van der Waals surface area contributed by atoms with Gasteiger partial charge in [0, 0.05) is 42.1 Å². The summed E-state index contributed by atoms with van der Waals surface area (Å²) in [6, 6.07) is 4.86. The van der Waals surface area contributed by atoms with Gasteiger partial charge in [-0.1, -0.05) is 18.2 Å². The number of benzene rings is 1. The Balaban J connectivity index is 1.19. The minimum atomic E-state index is -4.14. The highest BCUT2D eigenvalue weighted by molar-refractivity contribution is 6.30. The Kier molecular flexibility index (Phi) is 7.09. The van der Waals surface area contributed by atoms with Crippen LogP contribution >= 0.6 is 11.6 Å². The molecule has 1 amide bonds. The van der Waals surface area contributed by atoms with E-state index in [0.29, 0.717) is 53.6 Å². The third kappa shape index (κ3) is 6.24. The summed E-state index contributed by atoms with van der Waals surface area (Å²) in [5.74, 6) is 0.114. The number of aryl methyl sites for hydroxylation is 1. The third-order valence-corrected chi connectivity index (χ3v) is 6.13. The van der Waals surface area contributed by atoms with Crippen LogP contribution in [-0.2, 0) is 11.3 Å². The Labute approximate surface area is 199 Å². The first kappa shape index (κ1) is 24.4. The maximum Gasteiger partial charge on any atom is 0.389 e. The second-order valence-electron chi connectivity index (χ2n) is 8.72. The summed E-state index contributed by atoms with van der Waals surface area (Å²) >= 11 is 5.95. The van der Waals surface area contributed by atoms with Crippen molar-refractivity contribution in [1.82, 2.24) is 15.1 Å². The average molecular weight is 500 g/mol. The van der Waals surface area contributed by atoms with Crippen molar-refractivity contribution in [2.75, 3.05) is 0 Å². The lowest BCUT2D eigenvalue weighted by atomic mass is 9.80. The summed E-state index contributed by atoms with van der Waals surface area (Å²) in [5, 5.41) is 17.7. The molecule has 0 bridgehead atoms. The van der Waals surface area contributed by atoms with E-state index in [1.54, 1.807) is 29.1 Å². The first-order valence-electron chi connectivity index (χ1n) is 10.9. The molecule has 1 fully saturated rings. The molecule has 2 atom stereocenters. The summed E-state index contributed by atoms with van der Waals surface area (Å²) in [6.45, 7) is 4.28. The number of nitrogens with zero attached hydrogens (tertiary/aromatic N) is 2. The van der Waals surface area contributed by atoms with E-state index in [4.69, 9.17) is 21.1 Å². The van der Waals surface area contributed by atoms with Crippen LogP contribution in [0.5, 0.6) is 11.5 Å². The minimum Gasteiger partial charge on any atom is -0.487 e. The van der Waals surface area contributed by atoms with Crippen LogP contribution in [0.3, 0.4) is 0 Å². The molecule has 1 aromatic heterocycles. The zero-order valence-corrected chi connectivity index (χ0v) is 19.0. The SMILES string of the molecule is C=C(CCn1cc(OC2CC(CC(F)(F)F)C2)cn1)NC(=O)[C@H]1C[C@@H](O)c2cc(Cl)ccc2O1. The fraction of sp³-hybridized carbons (Fsp3) is 0.478. The molecule has 2 aromatic rings. The van der Waals surface area contributed by atoms with Gasteiger partial charge in [0.25, 0.3) is 5.91 Å². The molecular weight excluding hydrogens is 475 g/mol. The van der Waals surface area contributed by atoms with E-state index in [2.05, 4.69) is 17.0 Å². The minimum absolute atomic E-state index is 0.0945. The molecule has 1 saturated carbocycles. The van der Waals surface area contributed by atoms with Gasteiger partial charge in [-0.15, -0.1) is 0 Å². The van der Waals surface area contributed by atoms with Crippen LogP contribution in [0, 0.1) is 5.92 Å². The van der Waals surface area contributed by atoms with E-state index in [0.717, 1.165) is 0 Å². The van der Waals surface area contributed by atoms with Gasteiger partial charge < -0.3 is 19.9 Å². The average Bonchev–Trinajstić information content (AvgIpc) is 3.17. The number of allylic oxidation sites excluding steroid dienone is 1. The Morgan fingerprint density at radius 3 is 2.85 bits per heavy atom. The molecule has 0 saturated heterocycles. The quantitative estimate of drug-likeness (QED) is 0.556. The molecular formula is C23H25ClF3N3O4. The van der Waals surface area contributed by atoms with Crippen molar-refractivity contribution in [3.8, 4) is 11.5 Å². The monoisotopic (exact) mass is 499 g/mol. The highest BCUT2D eigenvalue weighted by atomic mass is 35.5. The molecule has 11 heteroatoms. The molecule has 2 N–H and O–H groups in total. The summed E-state index contributed by atoms with van der Waals surface area (Å²) in [4.78, 5) is 12.6. The summed E-state index contributed by atoms with van der Waals surface area (Å²) in [6.07, 6.45) is -2.46. The van der Waals surface area contributed by atoms with Crippen LogP contribution in [0.15, 0.2) is 42.9 Å². The predicted molar refractivity (Wildman–Crippen MR) is 117 cm³/mol. The van der Waals surface area contributed by atoms with Crippen molar-refractivity contribution in [2.24, 2.45) is 5.92 Å². The number of alkyl halides is 3. The smallest absolute Gasteiger partial charge is 0.389 e. The lowest BCUT2D eigenvalue weighted by Crippen LogP contribution is -2.41. The van der Waals surface area contributed by atoms with Gasteiger partial charge in [-0.2, -0.15) is 18.3 Å². The number of fused-ring (bicyclic) bond motifs is 1. The molecule has 1 aliphatic carbocycles. The number of aliphatic hydroxyl groups is 1. The topological polar surface area (TPSA) is 85.6 Å². The predicted octanol–water partition coefficient (Wildman–Crippen LogP) is 4.55. The maximum absolute atomic E-state index is 12.6. The lowest BCUT2D eigenvalue weighted by Gasteiger charge is -2.35. The van der Waals surface area contributed by atoms with E-state index in [9.17, 15) is 23.1 Å². The molecule has 0 unspecified atom stereocenters. The Morgan fingerprint density at radius 1 is 1.35 bits per heavy atom. The summed E-state index contributed by atoms with van der Waals surface area (Å²) in [5.41, 5.74) is 1.00. The van der Waals surface area contributed by atoms with Crippen LogP contribution < -0.4 is 14.8 Å². The molecule has 4 rings (SSSR count). The number of rotatable bonds is 8. The van der Waals surface area contributed by atoms with Crippen molar-refractivity contribution >= 4 is 17.5 Å². The second kappa shape index (κ2) is 9.87. The van der Waals surface area contributed by atoms with Crippen LogP contribution in [0.4, 0.5) is 13.2 Å². The van der Waals surface area contributed by atoms with Gasteiger partial charge in [-0.25, -0.2) is 0 Å². The summed E-state index contributed by atoms with van der Waals surface area (Å²) < 4.78 is 50.2. The highest BCUT2D eigenvalue weighted by Crippen LogP contribution is 2.39. The van der Waals surface area contributed by atoms with Gasteiger partial charge in [0.2, 0.25) is 0 Å². The van der Waals surface area contributed by atoms with Crippen LogP contribution in [0.1, 0.15) is 43.8 Å². The van der Waals surface area contributed by atoms with Gasteiger partial charge in [0.1, 0.15) is 5.75 Å². The molecule has 0 spiro atoms. The first-order chi connectivity index (χ1) is 16.1. The zero-order chi connectivity index (χ0) is 24.5. The number of carbonyl (C=O) groups is 1. The molecule has 1 aromatic carbocycles. The van der Waals surface area contributed by atoms with E-state index < -0.39 is 30.7 Å². The van der Waals surface area contributed by atoms with E-state index >= 15 is 0 Å². The standard InChI is InChI=1S/C23H25ClF3N3O4/c1-13(29-22(32)21-9-19(31)18-8-15(24)2-3-20(18)34-21)4-5-30-12-17(11-28-30)33-16-6-14(7-16)10-23(25,26)27/h2-3,8,11-12,14,16,19,21,31H,1,4-7,9-10H2,(H,29,32)/t14?,16?,19-,21-/m1/s1. The molecule has 2 aliphatic rings. The second-order valence-corrected chi connectivity index (χ2v) is 9.16. The fourth-order valence-corrected chi connectivity index (χ4v) is 4.31. The number of hydrogen-bond acceptors (Lipinski definition) is 5. The maximum atomic E-state index is 12.6. The lowest BCUT2D eigenvalue weighted by molar-refractivity contribution is -0.156. The molecule has 0 radical (unpaired) electrons. The number of carbonyl (C=O) groups excluding carboxylic acids is 1. The molecule has 184 valence electrons. The number of aromatic nitrogens is 2. The number of amides is 1. The highest BCUT2D eigenvalue weighted by Gasteiger charge is 2.40. The van der Waals surface area contributed by atoms with E-state index in [-0.39, 0.29) is 18.4 Å². The number of hydrogen-bond donors (Lipinski definition) is 2. The number of aliphatic hydroxyl groups excluding tert-OH is 1.